The van der Waals surface area contributed by atoms with Crippen molar-refractivity contribution in [1.29, 1.82) is 0 Å². The van der Waals surface area contributed by atoms with Crippen molar-refractivity contribution >= 4 is 11.9 Å². The Morgan fingerprint density at radius 1 is 1.26 bits per heavy atom. The van der Waals surface area contributed by atoms with Crippen LogP contribution in [0.2, 0.25) is 0 Å². The van der Waals surface area contributed by atoms with Gasteiger partial charge in [0.15, 0.2) is 0 Å². The van der Waals surface area contributed by atoms with Crippen LogP contribution in [0.15, 0.2) is 22.9 Å². The number of carbonyl (C=O) groups is 1. The van der Waals surface area contributed by atoms with Crippen LogP contribution < -0.4 is 10.1 Å². The van der Waals surface area contributed by atoms with Gasteiger partial charge in [-0.25, -0.2) is 4.68 Å². The molecular formula is C24H31N7O4. The molecule has 2 saturated carbocycles. The van der Waals surface area contributed by atoms with Gasteiger partial charge in [-0.15, -0.1) is 5.10 Å². The molecule has 11 heteroatoms. The van der Waals surface area contributed by atoms with Crippen LogP contribution in [0.5, 0.6) is 5.75 Å². The Morgan fingerprint density at radius 3 is 2.86 bits per heavy atom. The van der Waals surface area contributed by atoms with E-state index < -0.39 is 5.97 Å². The minimum atomic E-state index is -0.749. The Bertz CT molecular complexity index is 1140. The van der Waals surface area contributed by atoms with Gasteiger partial charge in [0.2, 0.25) is 5.89 Å². The van der Waals surface area contributed by atoms with Crippen molar-refractivity contribution in [2.75, 3.05) is 5.32 Å². The SMILES string of the molecule is Cn1nnc(-c2ccc(O[C@H]3CCC[C@H](C(=O)O)C3)cn2)c1CNc1noc(CCC2CCC2)n1. The number of pyridine rings is 1. The molecule has 3 aromatic heterocycles. The summed E-state index contributed by atoms with van der Waals surface area (Å²) in [4.78, 5) is 20.3. The molecule has 2 aliphatic carbocycles. The summed E-state index contributed by atoms with van der Waals surface area (Å²) in [5, 5.41) is 25.0. The molecular weight excluding hydrogens is 450 g/mol. The smallest absolute Gasteiger partial charge is 0.306 e. The summed E-state index contributed by atoms with van der Waals surface area (Å²) in [6.45, 7) is 0.416. The van der Waals surface area contributed by atoms with Crippen LogP contribution in [-0.2, 0) is 24.8 Å². The molecule has 0 bridgehead atoms. The third-order valence-electron chi connectivity index (χ3n) is 7.07. The Morgan fingerprint density at radius 2 is 2.11 bits per heavy atom. The third kappa shape index (κ3) is 5.60. The van der Waals surface area contributed by atoms with Crippen LogP contribution in [-0.4, -0.2) is 47.3 Å². The van der Waals surface area contributed by atoms with Crippen molar-refractivity contribution in [1.82, 2.24) is 30.1 Å². The van der Waals surface area contributed by atoms with Crippen LogP contribution in [0.25, 0.3) is 11.4 Å². The molecule has 0 unspecified atom stereocenters. The fourth-order valence-corrected chi connectivity index (χ4v) is 4.73. The number of carboxylic acid groups (broad SMARTS) is 1. The number of ether oxygens (including phenoxy) is 1. The Hall–Kier alpha value is -3.50. The molecule has 0 aliphatic heterocycles. The summed E-state index contributed by atoms with van der Waals surface area (Å²) in [7, 11) is 1.83. The molecule has 0 radical (unpaired) electrons. The second-order valence-electron chi connectivity index (χ2n) is 9.53. The number of nitrogens with zero attached hydrogens (tertiary/aromatic N) is 6. The van der Waals surface area contributed by atoms with Crippen LogP contribution in [0, 0.1) is 11.8 Å². The van der Waals surface area contributed by atoms with E-state index in [2.05, 4.69) is 30.8 Å². The summed E-state index contributed by atoms with van der Waals surface area (Å²) in [5.41, 5.74) is 2.16. The number of hydrogen-bond donors (Lipinski definition) is 2. The molecule has 3 heterocycles. The molecule has 0 spiro atoms. The lowest BCUT2D eigenvalue weighted by Gasteiger charge is -2.27. The molecule has 11 nitrogen and oxygen atoms in total. The van der Waals surface area contributed by atoms with Gasteiger partial charge in [-0.1, -0.05) is 24.5 Å². The van der Waals surface area contributed by atoms with Gasteiger partial charge in [-0.05, 0) is 55.3 Å². The zero-order valence-corrected chi connectivity index (χ0v) is 19.9. The van der Waals surface area contributed by atoms with Crippen LogP contribution in [0.3, 0.4) is 0 Å². The van der Waals surface area contributed by atoms with E-state index in [1.807, 2.05) is 19.2 Å². The average molecular weight is 482 g/mol. The number of aryl methyl sites for hydroxylation is 2. The zero-order valence-electron chi connectivity index (χ0n) is 19.9. The highest BCUT2D eigenvalue weighted by atomic mass is 16.5. The van der Waals surface area contributed by atoms with Crippen LogP contribution in [0.1, 0.15) is 63.0 Å². The lowest BCUT2D eigenvalue weighted by molar-refractivity contribution is -0.143. The maximum Gasteiger partial charge on any atom is 0.306 e. The highest BCUT2D eigenvalue weighted by Crippen LogP contribution is 2.31. The van der Waals surface area contributed by atoms with Gasteiger partial charge >= 0.3 is 5.97 Å². The van der Waals surface area contributed by atoms with Gasteiger partial charge in [-0.3, -0.25) is 9.78 Å². The third-order valence-corrected chi connectivity index (χ3v) is 7.07. The van der Waals surface area contributed by atoms with Crippen molar-refractivity contribution in [3.63, 3.8) is 0 Å². The number of carboxylic acids is 1. The molecule has 35 heavy (non-hydrogen) atoms. The Labute approximate surface area is 203 Å². The van der Waals surface area contributed by atoms with Crippen LogP contribution in [0.4, 0.5) is 5.95 Å². The molecule has 0 amide bonds. The molecule has 5 rings (SSSR count). The van der Waals surface area contributed by atoms with E-state index in [9.17, 15) is 9.90 Å². The van der Waals surface area contributed by atoms with E-state index in [4.69, 9.17) is 9.26 Å². The summed E-state index contributed by atoms with van der Waals surface area (Å²) >= 11 is 0. The van der Waals surface area contributed by atoms with E-state index in [1.165, 1.54) is 19.3 Å². The molecule has 2 fully saturated rings. The predicted molar refractivity (Wildman–Crippen MR) is 126 cm³/mol. The fraction of sp³-hybridized carbons (Fsp3) is 0.583. The zero-order chi connectivity index (χ0) is 24.2. The number of aliphatic carboxylic acids is 1. The van der Waals surface area contributed by atoms with Crippen molar-refractivity contribution in [3.05, 3.63) is 29.9 Å². The van der Waals surface area contributed by atoms with Gasteiger partial charge < -0.3 is 19.7 Å². The number of anilines is 1. The summed E-state index contributed by atoms with van der Waals surface area (Å²) < 4.78 is 13.1. The van der Waals surface area contributed by atoms with Crippen molar-refractivity contribution in [2.24, 2.45) is 18.9 Å². The van der Waals surface area contributed by atoms with Crippen molar-refractivity contribution in [2.45, 2.75) is 70.4 Å². The maximum atomic E-state index is 11.3. The van der Waals surface area contributed by atoms with Crippen LogP contribution >= 0.6 is 0 Å². The molecule has 3 aromatic rings. The lowest BCUT2D eigenvalue weighted by Crippen LogP contribution is -2.29. The maximum absolute atomic E-state index is 11.3. The topological polar surface area (TPSA) is 141 Å². The van der Waals surface area contributed by atoms with E-state index in [-0.39, 0.29) is 12.0 Å². The van der Waals surface area contributed by atoms with Crippen molar-refractivity contribution < 1.29 is 19.2 Å². The Kier molecular flexibility index (Phi) is 6.91. The first-order chi connectivity index (χ1) is 17.0. The standard InChI is InChI=1S/C24H31N7O4/c1-31-20(14-26-24-27-21(35-29-24)11-8-15-4-2-5-15)22(28-30-31)19-10-9-18(13-25-19)34-17-7-3-6-16(12-17)23(32)33/h9-10,13,15-17H,2-8,11-12,14H2,1H3,(H,26,29)(H,32,33)/t16-,17-/m0/s1. The first kappa shape index (κ1) is 23.3. The summed E-state index contributed by atoms with van der Waals surface area (Å²) in [6, 6.07) is 3.68. The van der Waals surface area contributed by atoms with E-state index >= 15 is 0 Å². The normalized spacial score (nSPS) is 20.4. The van der Waals surface area contributed by atoms with E-state index in [1.54, 1.807) is 10.9 Å². The van der Waals surface area contributed by atoms with Gasteiger partial charge in [-0.2, -0.15) is 4.98 Å². The molecule has 0 saturated heterocycles. The van der Waals surface area contributed by atoms with Gasteiger partial charge in [0.25, 0.3) is 5.95 Å². The van der Waals surface area contributed by atoms with Gasteiger partial charge in [0.1, 0.15) is 11.4 Å². The minimum absolute atomic E-state index is 0.109. The Balaban J connectivity index is 1.19. The van der Waals surface area contributed by atoms with E-state index in [0.717, 1.165) is 37.3 Å². The van der Waals surface area contributed by atoms with Crippen molar-refractivity contribution in [3.8, 4) is 17.1 Å². The average Bonchev–Trinajstić information content (AvgIpc) is 3.43. The first-order valence-corrected chi connectivity index (χ1v) is 12.4. The highest BCUT2D eigenvalue weighted by molar-refractivity contribution is 5.70. The minimum Gasteiger partial charge on any atom is -0.489 e. The molecule has 2 atom stereocenters. The first-order valence-electron chi connectivity index (χ1n) is 12.4. The van der Waals surface area contributed by atoms with Gasteiger partial charge in [0, 0.05) is 13.5 Å². The largest absolute Gasteiger partial charge is 0.489 e. The number of aromatic nitrogens is 6. The lowest BCUT2D eigenvalue weighted by atomic mass is 9.82. The monoisotopic (exact) mass is 481 g/mol. The molecule has 186 valence electrons. The number of hydrogen-bond acceptors (Lipinski definition) is 9. The highest BCUT2D eigenvalue weighted by Gasteiger charge is 2.28. The number of rotatable bonds is 10. The second-order valence-corrected chi connectivity index (χ2v) is 9.53. The predicted octanol–water partition coefficient (Wildman–Crippen LogP) is 3.63. The second kappa shape index (κ2) is 10.4. The van der Waals surface area contributed by atoms with E-state index in [0.29, 0.717) is 48.4 Å². The molecule has 2 aliphatic rings. The number of nitrogens with one attached hydrogen (secondary N) is 1. The summed E-state index contributed by atoms with van der Waals surface area (Å²) in [6.07, 6.45) is 10.3. The summed E-state index contributed by atoms with van der Waals surface area (Å²) in [5.74, 6) is 1.44. The van der Waals surface area contributed by atoms with Gasteiger partial charge in [0.05, 0.1) is 36.2 Å². The molecule has 2 N–H and O–H groups in total. The molecule has 0 aromatic carbocycles. The fourth-order valence-electron chi connectivity index (χ4n) is 4.73. The quantitative estimate of drug-likeness (QED) is 0.441.